The van der Waals surface area contributed by atoms with Crippen LogP contribution in [0.3, 0.4) is 0 Å². The van der Waals surface area contributed by atoms with Gasteiger partial charge in [-0.2, -0.15) is 4.99 Å². The molecule has 10 heteroatoms. The number of benzene rings is 2. The van der Waals surface area contributed by atoms with Crippen molar-refractivity contribution < 1.29 is 9.59 Å². The van der Waals surface area contributed by atoms with Gasteiger partial charge in [-0.25, -0.2) is 4.98 Å². The molecule has 2 aromatic carbocycles. The van der Waals surface area contributed by atoms with Gasteiger partial charge in [0.25, 0.3) is 0 Å². The average molecular weight is 479 g/mol. The predicted octanol–water partition coefficient (Wildman–Crippen LogP) is 5.58. The van der Waals surface area contributed by atoms with Gasteiger partial charge in [0.2, 0.25) is 16.9 Å². The molecule has 1 aromatic heterocycles. The molecule has 6 nitrogen and oxygen atoms in total. The van der Waals surface area contributed by atoms with E-state index in [0.29, 0.717) is 32.6 Å². The molecule has 1 N–H and O–H groups in total. The van der Waals surface area contributed by atoms with E-state index in [1.165, 1.54) is 23.1 Å². The zero-order valence-electron chi connectivity index (χ0n) is 15.8. The van der Waals surface area contributed by atoms with Gasteiger partial charge in [-0.3, -0.25) is 14.5 Å². The molecule has 1 fully saturated rings. The minimum atomic E-state index is -0.559. The Bertz CT molecular complexity index is 1130. The highest BCUT2D eigenvalue weighted by atomic mass is 35.5. The predicted molar refractivity (Wildman–Crippen MR) is 125 cm³/mol. The summed E-state index contributed by atoms with van der Waals surface area (Å²) in [5.41, 5.74) is 1.29. The number of amides is 2. The number of thiazole rings is 1. The summed E-state index contributed by atoms with van der Waals surface area (Å²) in [7, 11) is 0. The smallest absolute Gasteiger partial charge is 0.242 e. The van der Waals surface area contributed by atoms with E-state index < -0.39 is 5.25 Å². The normalized spacial score (nSPS) is 17.8. The van der Waals surface area contributed by atoms with E-state index in [4.69, 9.17) is 23.2 Å². The summed E-state index contributed by atoms with van der Waals surface area (Å²) < 4.78 is 1.03. The van der Waals surface area contributed by atoms with Gasteiger partial charge in [-0.15, -0.1) is 0 Å². The highest BCUT2D eigenvalue weighted by Gasteiger charge is 2.38. The largest absolute Gasteiger partial charge is 0.325 e. The van der Waals surface area contributed by atoms with Crippen molar-refractivity contribution in [3.05, 3.63) is 52.5 Å². The maximum atomic E-state index is 12.8. The van der Waals surface area contributed by atoms with Gasteiger partial charge in [0.1, 0.15) is 5.25 Å². The van der Waals surface area contributed by atoms with Crippen LogP contribution >= 0.6 is 46.3 Å². The van der Waals surface area contributed by atoms with Crippen LogP contribution in [0.5, 0.6) is 0 Å². The Morgan fingerprint density at radius 1 is 1.27 bits per heavy atom. The Hall–Kier alpha value is -2.13. The van der Waals surface area contributed by atoms with Gasteiger partial charge in [0, 0.05) is 18.0 Å². The van der Waals surface area contributed by atoms with E-state index in [0.717, 1.165) is 10.2 Å². The van der Waals surface area contributed by atoms with Crippen LogP contribution in [0.4, 0.5) is 10.8 Å². The van der Waals surface area contributed by atoms with Crippen LogP contribution in [-0.4, -0.2) is 38.7 Å². The fourth-order valence-corrected chi connectivity index (χ4v) is 5.40. The van der Waals surface area contributed by atoms with Gasteiger partial charge in [-0.1, -0.05) is 58.4 Å². The van der Waals surface area contributed by atoms with E-state index in [9.17, 15) is 9.59 Å². The number of nitrogens with zero attached hydrogens (tertiary/aromatic N) is 3. The lowest BCUT2D eigenvalue weighted by Gasteiger charge is -2.13. The van der Waals surface area contributed by atoms with Crippen molar-refractivity contribution >= 4 is 84.3 Å². The molecule has 1 atom stereocenters. The molecule has 0 saturated carbocycles. The fourth-order valence-electron chi connectivity index (χ4n) is 2.97. The van der Waals surface area contributed by atoms with Crippen molar-refractivity contribution in [3.63, 3.8) is 0 Å². The van der Waals surface area contributed by atoms with Crippen LogP contribution < -0.4 is 5.32 Å². The van der Waals surface area contributed by atoms with E-state index in [1.807, 2.05) is 31.2 Å². The molecule has 1 saturated heterocycles. The van der Waals surface area contributed by atoms with Crippen molar-refractivity contribution in [2.24, 2.45) is 4.99 Å². The lowest BCUT2D eigenvalue weighted by atomic mass is 10.2. The van der Waals surface area contributed by atoms with Gasteiger partial charge >= 0.3 is 0 Å². The SMILES string of the molecule is CCN1C(=O)C(CC(=O)Nc2cc(Cl)ccc2Cl)SC1=Nc1nc2ccccc2s1. The van der Waals surface area contributed by atoms with Crippen molar-refractivity contribution in [3.8, 4) is 0 Å². The monoisotopic (exact) mass is 478 g/mol. The molecule has 1 aliphatic heterocycles. The second-order valence-electron chi connectivity index (χ2n) is 6.42. The summed E-state index contributed by atoms with van der Waals surface area (Å²) in [6, 6.07) is 12.6. The Balaban J connectivity index is 1.50. The number of hydrogen-bond donors (Lipinski definition) is 1. The number of para-hydroxylation sites is 1. The number of hydrogen-bond acceptors (Lipinski definition) is 6. The summed E-state index contributed by atoms with van der Waals surface area (Å²) >= 11 is 14.8. The van der Waals surface area contributed by atoms with Crippen LogP contribution in [0.1, 0.15) is 13.3 Å². The molecule has 1 unspecified atom stereocenters. The van der Waals surface area contributed by atoms with Crippen molar-refractivity contribution in [2.75, 3.05) is 11.9 Å². The quantitative estimate of drug-likeness (QED) is 0.518. The molecule has 2 amide bonds. The molecule has 0 bridgehead atoms. The molecule has 0 spiro atoms. The summed E-state index contributed by atoms with van der Waals surface area (Å²) in [5, 5.41) is 4.15. The first kappa shape index (κ1) is 21.1. The Morgan fingerprint density at radius 2 is 2.07 bits per heavy atom. The Labute approximate surface area is 191 Å². The highest BCUT2D eigenvalue weighted by Crippen LogP contribution is 2.34. The van der Waals surface area contributed by atoms with Crippen molar-refractivity contribution in [1.82, 2.24) is 9.88 Å². The first-order valence-corrected chi connectivity index (χ1v) is 11.6. The zero-order chi connectivity index (χ0) is 21.3. The van der Waals surface area contributed by atoms with E-state index in [2.05, 4.69) is 15.3 Å². The number of carbonyl (C=O) groups excluding carboxylic acids is 2. The molecule has 3 aromatic rings. The van der Waals surface area contributed by atoms with Gasteiger partial charge < -0.3 is 5.32 Å². The first-order chi connectivity index (χ1) is 14.4. The molecular weight excluding hydrogens is 463 g/mol. The second-order valence-corrected chi connectivity index (χ2v) is 9.45. The summed E-state index contributed by atoms with van der Waals surface area (Å²) in [5.74, 6) is -0.461. The first-order valence-electron chi connectivity index (χ1n) is 9.12. The summed E-state index contributed by atoms with van der Waals surface area (Å²) in [4.78, 5) is 36.0. The standard InChI is InChI=1S/C20H16Cl2N4O2S2/c1-2-26-18(28)16(10-17(27)23-14-9-11(21)7-8-12(14)22)30-20(26)25-19-24-13-5-3-4-6-15(13)29-19/h3-9,16H,2,10H2,1H3,(H,23,27). The number of aromatic nitrogens is 1. The van der Waals surface area contributed by atoms with Crippen molar-refractivity contribution in [2.45, 2.75) is 18.6 Å². The third kappa shape index (κ3) is 4.46. The zero-order valence-corrected chi connectivity index (χ0v) is 18.9. The number of rotatable bonds is 5. The molecular formula is C20H16Cl2N4O2S2. The van der Waals surface area contributed by atoms with Crippen LogP contribution in [0.25, 0.3) is 10.2 Å². The van der Waals surface area contributed by atoms with Crippen LogP contribution in [0.15, 0.2) is 47.5 Å². The maximum Gasteiger partial charge on any atom is 0.242 e. The lowest BCUT2D eigenvalue weighted by molar-refractivity contribution is -0.128. The number of thioether (sulfide) groups is 1. The number of fused-ring (bicyclic) bond motifs is 1. The number of halogens is 2. The third-order valence-electron chi connectivity index (χ3n) is 4.38. The van der Waals surface area contributed by atoms with Crippen LogP contribution in [0, 0.1) is 0 Å². The lowest BCUT2D eigenvalue weighted by Crippen LogP contribution is -2.33. The molecule has 154 valence electrons. The Morgan fingerprint density at radius 3 is 2.83 bits per heavy atom. The third-order valence-corrected chi connectivity index (χ3v) is 7.05. The average Bonchev–Trinajstić information content (AvgIpc) is 3.25. The molecule has 0 radical (unpaired) electrons. The van der Waals surface area contributed by atoms with Crippen LogP contribution in [0.2, 0.25) is 10.0 Å². The molecule has 0 aliphatic carbocycles. The summed E-state index contributed by atoms with van der Waals surface area (Å²) in [6.07, 6.45) is 0.00169. The minimum Gasteiger partial charge on any atom is -0.325 e. The van der Waals surface area contributed by atoms with Gasteiger partial charge in [0.15, 0.2) is 5.17 Å². The number of nitrogens with one attached hydrogen (secondary N) is 1. The minimum absolute atomic E-state index is 0.00169. The summed E-state index contributed by atoms with van der Waals surface area (Å²) in [6.45, 7) is 2.34. The highest BCUT2D eigenvalue weighted by molar-refractivity contribution is 8.15. The van der Waals surface area contributed by atoms with E-state index >= 15 is 0 Å². The van der Waals surface area contributed by atoms with Crippen LogP contribution in [-0.2, 0) is 9.59 Å². The fraction of sp³-hybridized carbons (Fsp3) is 0.200. The van der Waals surface area contributed by atoms with Crippen molar-refractivity contribution in [1.29, 1.82) is 0 Å². The molecule has 2 heterocycles. The number of anilines is 1. The van der Waals surface area contributed by atoms with Gasteiger partial charge in [0.05, 0.1) is 20.9 Å². The maximum absolute atomic E-state index is 12.8. The number of carbonyl (C=O) groups is 2. The van der Waals surface area contributed by atoms with E-state index in [-0.39, 0.29) is 18.2 Å². The molecule has 1 aliphatic rings. The Kier molecular flexibility index (Phi) is 6.29. The van der Waals surface area contributed by atoms with Gasteiger partial charge in [-0.05, 0) is 37.3 Å². The second kappa shape index (κ2) is 8.93. The molecule has 4 rings (SSSR count). The number of aliphatic imine (C=N–C) groups is 1. The molecule has 30 heavy (non-hydrogen) atoms. The topological polar surface area (TPSA) is 74.7 Å². The van der Waals surface area contributed by atoms with E-state index in [1.54, 1.807) is 23.1 Å². The number of amidine groups is 1.